The molecule has 0 atom stereocenters. The molecule has 0 aliphatic heterocycles. The molecule has 0 saturated heterocycles. The van der Waals surface area contributed by atoms with Crippen LogP contribution in [0, 0.1) is 0 Å². The second-order valence-electron chi connectivity index (χ2n) is 7.05. The van der Waals surface area contributed by atoms with Crippen LogP contribution in [-0.4, -0.2) is 18.5 Å². The number of halogens is 4. The molecule has 0 unspecified atom stereocenters. The topological polar surface area (TPSA) is 64.6 Å². The number of esters is 1. The van der Waals surface area contributed by atoms with Crippen LogP contribution in [0.2, 0.25) is 5.02 Å². The van der Waals surface area contributed by atoms with E-state index in [-0.39, 0.29) is 5.69 Å². The van der Waals surface area contributed by atoms with Gasteiger partial charge in [0.05, 0.1) is 5.56 Å². The summed E-state index contributed by atoms with van der Waals surface area (Å²) >= 11 is 5.85. The molecule has 0 bridgehead atoms. The van der Waals surface area contributed by atoms with Gasteiger partial charge in [-0.1, -0.05) is 41.9 Å². The number of alkyl halides is 3. The van der Waals surface area contributed by atoms with Gasteiger partial charge in [0.1, 0.15) is 12.4 Å². The summed E-state index contributed by atoms with van der Waals surface area (Å²) in [6.45, 7) is -0.266. The van der Waals surface area contributed by atoms with Crippen molar-refractivity contribution < 1.29 is 32.2 Å². The molecule has 176 valence electrons. The molecule has 0 heterocycles. The number of anilines is 1. The highest BCUT2D eigenvalue weighted by Crippen LogP contribution is 2.30. The van der Waals surface area contributed by atoms with Crippen molar-refractivity contribution in [3.8, 4) is 5.75 Å². The number of hydrogen-bond donors (Lipinski definition) is 1. The Hall–Kier alpha value is -3.78. The zero-order valence-electron chi connectivity index (χ0n) is 17.6. The fraction of sp³-hybridized carbons (Fsp3) is 0.120. The average Bonchev–Trinajstić information content (AvgIpc) is 2.81. The van der Waals surface area contributed by atoms with E-state index in [2.05, 4.69) is 5.32 Å². The van der Waals surface area contributed by atoms with E-state index < -0.39 is 30.2 Å². The number of amides is 1. The number of carbonyl (C=O) groups is 2. The number of hydrogen-bond acceptors (Lipinski definition) is 4. The van der Waals surface area contributed by atoms with Gasteiger partial charge in [-0.05, 0) is 59.7 Å². The normalized spacial score (nSPS) is 11.3. The van der Waals surface area contributed by atoms with Gasteiger partial charge in [-0.2, -0.15) is 13.2 Å². The minimum absolute atomic E-state index is 0.0511. The van der Waals surface area contributed by atoms with Crippen molar-refractivity contribution >= 4 is 35.2 Å². The largest absolute Gasteiger partial charge is 0.489 e. The summed E-state index contributed by atoms with van der Waals surface area (Å²) in [6.07, 6.45) is -1.89. The molecule has 0 saturated carbocycles. The molecule has 3 aromatic carbocycles. The van der Waals surface area contributed by atoms with Crippen LogP contribution in [0.3, 0.4) is 0 Å². The third kappa shape index (κ3) is 7.97. The molecule has 0 spiro atoms. The lowest BCUT2D eigenvalue weighted by molar-refractivity contribution is -0.142. The van der Waals surface area contributed by atoms with E-state index in [1.54, 1.807) is 36.4 Å². The first-order chi connectivity index (χ1) is 16.2. The van der Waals surface area contributed by atoms with Gasteiger partial charge in [0.15, 0.2) is 6.61 Å². The van der Waals surface area contributed by atoms with Crippen molar-refractivity contribution in [1.82, 2.24) is 0 Å². The lowest BCUT2D eigenvalue weighted by Gasteiger charge is -2.09. The lowest BCUT2D eigenvalue weighted by Crippen LogP contribution is -2.20. The molecule has 1 N–H and O–H groups in total. The van der Waals surface area contributed by atoms with Gasteiger partial charge in [0.2, 0.25) is 0 Å². The molecule has 0 radical (unpaired) electrons. The highest BCUT2D eigenvalue weighted by atomic mass is 35.5. The summed E-state index contributed by atoms with van der Waals surface area (Å²) in [6, 6.07) is 18.4. The van der Waals surface area contributed by atoms with Crippen molar-refractivity contribution in [3.63, 3.8) is 0 Å². The minimum Gasteiger partial charge on any atom is -0.489 e. The molecule has 0 aromatic heterocycles. The maximum Gasteiger partial charge on any atom is 0.416 e. The van der Waals surface area contributed by atoms with E-state index >= 15 is 0 Å². The maximum atomic E-state index is 12.7. The predicted octanol–water partition coefficient (Wildman–Crippen LogP) is 6.13. The summed E-state index contributed by atoms with van der Waals surface area (Å²) in [4.78, 5) is 23.7. The Morgan fingerprint density at radius 2 is 1.68 bits per heavy atom. The Labute approximate surface area is 198 Å². The van der Waals surface area contributed by atoms with Crippen LogP contribution in [0.5, 0.6) is 5.75 Å². The predicted molar refractivity (Wildman–Crippen MR) is 122 cm³/mol. The van der Waals surface area contributed by atoms with Crippen molar-refractivity contribution in [2.24, 2.45) is 0 Å². The van der Waals surface area contributed by atoms with Gasteiger partial charge in [0, 0.05) is 16.8 Å². The molecule has 5 nitrogen and oxygen atoms in total. The standard InChI is InChI=1S/C25H19ClF3NO4/c26-20-9-4-18(5-10-20)15-33-22-11-6-17(7-12-22)8-13-24(32)34-16-23(31)30-21-3-1-2-19(14-21)25(27,28)29/h1-14H,15-16H2,(H,30,31)/b13-8+. The fourth-order valence-corrected chi connectivity index (χ4v) is 2.87. The summed E-state index contributed by atoms with van der Waals surface area (Å²) in [5, 5.41) is 2.90. The zero-order valence-corrected chi connectivity index (χ0v) is 18.4. The van der Waals surface area contributed by atoms with Crippen molar-refractivity contribution in [1.29, 1.82) is 0 Å². The Kier molecular flexibility index (Phi) is 8.32. The lowest BCUT2D eigenvalue weighted by atomic mass is 10.2. The first-order valence-corrected chi connectivity index (χ1v) is 10.4. The number of carbonyl (C=O) groups excluding carboxylic acids is 2. The van der Waals surface area contributed by atoms with E-state index in [9.17, 15) is 22.8 Å². The number of nitrogens with one attached hydrogen (secondary N) is 1. The van der Waals surface area contributed by atoms with E-state index in [1.807, 2.05) is 12.1 Å². The van der Waals surface area contributed by atoms with Gasteiger partial charge in [-0.25, -0.2) is 4.79 Å². The maximum absolute atomic E-state index is 12.7. The molecule has 0 fully saturated rings. The second kappa shape index (κ2) is 11.4. The van der Waals surface area contributed by atoms with Crippen LogP contribution in [0.1, 0.15) is 16.7 Å². The monoisotopic (exact) mass is 489 g/mol. The summed E-state index contributed by atoms with van der Waals surface area (Å²) in [5.41, 5.74) is 0.717. The van der Waals surface area contributed by atoms with Crippen LogP contribution in [-0.2, 0) is 27.1 Å². The third-order valence-corrected chi connectivity index (χ3v) is 4.68. The molecule has 0 aliphatic rings. The Bertz CT molecular complexity index is 1160. The summed E-state index contributed by atoms with van der Waals surface area (Å²) in [5.74, 6) is -0.897. The smallest absolute Gasteiger partial charge is 0.416 e. The van der Waals surface area contributed by atoms with Gasteiger partial charge >= 0.3 is 12.1 Å². The van der Waals surface area contributed by atoms with Gasteiger partial charge in [-0.3, -0.25) is 4.79 Å². The quantitative estimate of drug-likeness (QED) is 0.305. The highest BCUT2D eigenvalue weighted by molar-refractivity contribution is 6.30. The van der Waals surface area contributed by atoms with Crippen LogP contribution in [0.4, 0.5) is 18.9 Å². The number of rotatable bonds is 8. The molecule has 3 aromatic rings. The Balaban J connectivity index is 1.43. The van der Waals surface area contributed by atoms with E-state index in [0.717, 1.165) is 23.8 Å². The van der Waals surface area contributed by atoms with E-state index in [1.165, 1.54) is 18.2 Å². The van der Waals surface area contributed by atoms with Gasteiger partial charge in [-0.15, -0.1) is 0 Å². The van der Waals surface area contributed by atoms with Crippen LogP contribution in [0.25, 0.3) is 6.08 Å². The first-order valence-electron chi connectivity index (χ1n) is 9.98. The molecular weight excluding hydrogens is 471 g/mol. The number of ether oxygens (including phenoxy) is 2. The van der Waals surface area contributed by atoms with E-state index in [0.29, 0.717) is 22.9 Å². The summed E-state index contributed by atoms with van der Waals surface area (Å²) < 4.78 is 48.7. The van der Waals surface area contributed by atoms with Gasteiger partial charge < -0.3 is 14.8 Å². The SMILES string of the molecule is O=C(COC(=O)/C=C/c1ccc(OCc2ccc(Cl)cc2)cc1)Nc1cccc(C(F)(F)F)c1. The zero-order chi connectivity index (χ0) is 24.6. The Morgan fingerprint density at radius 3 is 2.35 bits per heavy atom. The molecule has 34 heavy (non-hydrogen) atoms. The molecule has 1 amide bonds. The van der Waals surface area contributed by atoms with Crippen molar-refractivity contribution in [3.05, 3.63) is 101 Å². The number of benzene rings is 3. The van der Waals surface area contributed by atoms with Crippen LogP contribution >= 0.6 is 11.6 Å². The second-order valence-corrected chi connectivity index (χ2v) is 7.49. The van der Waals surface area contributed by atoms with Crippen LogP contribution < -0.4 is 10.1 Å². The molecule has 9 heteroatoms. The Morgan fingerprint density at radius 1 is 0.971 bits per heavy atom. The van der Waals surface area contributed by atoms with Crippen molar-refractivity contribution in [2.45, 2.75) is 12.8 Å². The fourth-order valence-electron chi connectivity index (χ4n) is 2.74. The van der Waals surface area contributed by atoms with Crippen molar-refractivity contribution in [2.75, 3.05) is 11.9 Å². The van der Waals surface area contributed by atoms with Gasteiger partial charge in [0.25, 0.3) is 5.91 Å². The molecular formula is C25H19ClF3NO4. The summed E-state index contributed by atoms with van der Waals surface area (Å²) in [7, 11) is 0. The average molecular weight is 490 g/mol. The highest BCUT2D eigenvalue weighted by Gasteiger charge is 2.30. The molecule has 3 rings (SSSR count). The first kappa shape index (κ1) is 24.9. The molecule has 0 aliphatic carbocycles. The minimum atomic E-state index is -4.53. The third-order valence-electron chi connectivity index (χ3n) is 4.43. The van der Waals surface area contributed by atoms with E-state index in [4.69, 9.17) is 21.1 Å². The van der Waals surface area contributed by atoms with Crippen LogP contribution in [0.15, 0.2) is 78.9 Å².